The Kier molecular flexibility index (Phi) is 8.14. The highest BCUT2D eigenvalue weighted by Gasteiger charge is 2.32. The maximum absolute atomic E-state index is 12.8. The maximum Gasteiger partial charge on any atom is 0.338 e. The third-order valence-electron chi connectivity index (χ3n) is 6.24. The average Bonchev–Trinajstić information content (AvgIpc) is 2.79. The first kappa shape index (κ1) is 23.6. The van der Waals surface area contributed by atoms with E-state index in [1.807, 2.05) is 24.3 Å². The number of benzene rings is 2. The van der Waals surface area contributed by atoms with Gasteiger partial charge in [-0.1, -0.05) is 25.5 Å². The zero-order valence-electron chi connectivity index (χ0n) is 19.2. The van der Waals surface area contributed by atoms with Gasteiger partial charge in [0.1, 0.15) is 0 Å². The van der Waals surface area contributed by atoms with Crippen LogP contribution in [0.3, 0.4) is 0 Å². The van der Waals surface area contributed by atoms with Gasteiger partial charge in [0, 0.05) is 30.4 Å². The van der Waals surface area contributed by atoms with Gasteiger partial charge in [-0.15, -0.1) is 0 Å². The highest BCUT2D eigenvalue weighted by molar-refractivity contribution is 5.90. The molecule has 0 aromatic heterocycles. The number of hydrogen-bond acceptors (Lipinski definition) is 5. The van der Waals surface area contributed by atoms with Gasteiger partial charge in [-0.3, -0.25) is 4.79 Å². The van der Waals surface area contributed by atoms with Crippen molar-refractivity contribution >= 4 is 23.3 Å². The van der Waals surface area contributed by atoms with E-state index < -0.39 is 5.92 Å². The number of carbonyl (C=O) groups excluding carboxylic acids is 2. The minimum absolute atomic E-state index is 0.105. The van der Waals surface area contributed by atoms with E-state index in [1.54, 1.807) is 19.1 Å². The normalized spacial score (nSPS) is 15.8. The molecule has 4 N–H and O–H groups in total. The third kappa shape index (κ3) is 5.42. The molecule has 0 saturated carbocycles. The highest BCUT2D eigenvalue weighted by atomic mass is 16.5. The standard InChI is InChI=1S/C26H35N3O3/c1-3-8-21(22-17-20(27)13-14-23(22)29-15-6-5-7-16-29)24(25(28)30)18-9-11-19(12-10-18)26(31)32-4-2/h9-14,17,21,24H,3-8,15-16,27H2,1-2H3,(H2,28,30). The number of hydrogen-bond donors (Lipinski definition) is 2. The highest BCUT2D eigenvalue weighted by Crippen LogP contribution is 2.42. The number of carbonyl (C=O) groups is 2. The number of primary amides is 1. The van der Waals surface area contributed by atoms with Crippen LogP contribution in [0.25, 0.3) is 0 Å². The van der Waals surface area contributed by atoms with E-state index in [9.17, 15) is 9.59 Å². The minimum atomic E-state index is -0.517. The zero-order valence-corrected chi connectivity index (χ0v) is 19.2. The number of amides is 1. The quantitative estimate of drug-likeness (QED) is 0.442. The van der Waals surface area contributed by atoms with Crippen molar-refractivity contribution in [1.82, 2.24) is 0 Å². The number of anilines is 2. The first-order chi connectivity index (χ1) is 15.5. The molecule has 6 heteroatoms. The molecule has 1 heterocycles. The van der Waals surface area contributed by atoms with Crippen molar-refractivity contribution in [3.8, 4) is 0 Å². The number of nitrogens with two attached hydrogens (primary N) is 2. The molecule has 0 spiro atoms. The predicted molar refractivity (Wildman–Crippen MR) is 129 cm³/mol. The molecule has 2 aromatic carbocycles. The Bertz CT molecular complexity index is 920. The number of ether oxygens (including phenoxy) is 1. The first-order valence-electron chi connectivity index (χ1n) is 11.7. The van der Waals surface area contributed by atoms with Crippen LogP contribution < -0.4 is 16.4 Å². The number of nitrogen functional groups attached to an aromatic ring is 1. The van der Waals surface area contributed by atoms with Crippen LogP contribution in [0.15, 0.2) is 42.5 Å². The summed E-state index contributed by atoms with van der Waals surface area (Å²) in [6.45, 7) is 6.21. The average molecular weight is 438 g/mol. The molecule has 2 atom stereocenters. The number of esters is 1. The Hall–Kier alpha value is -3.02. The summed E-state index contributed by atoms with van der Waals surface area (Å²) in [5.74, 6) is -1.37. The predicted octanol–water partition coefficient (Wildman–Crippen LogP) is 4.59. The molecule has 0 aliphatic carbocycles. The summed E-state index contributed by atoms with van der Waals surface area (Å²) in [4.78, 5) is 27.2. The summed E-state index contributed by atoms with van der Waals surface area (Å²) in [5.41, 5.74) is 16.3. The van der Waals surface area contributed by atoms with Crippen molar-refractivity contribution in [2.45, 2.75) is 57.8 Å². The van der Waals surface area contributed by atoms with Gasteiger partial charge < -0.3 is 21.1 Å². The summed E-state index contributed by atoms with van der Waals surface area (Å²) in [7, 11) is 0. The largest absolute Gasteiger partial charge is 0.462 e. The molecule has 1 aliphatic heterocycles. The zero-order chi connectivity index (χ0) is 23.1. The molecular formula is C26H35N3O3. The minimum Gasteiger partial charge on any atom is -0.462 e. The van der Waals surface area contributed by atoms with E-state index in [0.717, 1.165) is 55.6 Å². The lowest BCUT2D eigenvalue weighted by molar-refractivity contribution is -0.120. The van der Waals surface area contributed by atoms with Gasteiger partial charge in [0.05, 0.1) is 18.1 Å². The lowest BCUT2D eigenvalue weighted by atomic mass is 9.77. The van der Waals surface area contributed by atoms with Gasteiger partial charge in [0.2, 0.25) is 5.91 Å². The molecule has 32 heavy (non-hydrogen) atoms. The van der Waals surface area contributed by atoms with Crippen LogP contribution in [0.1, 0.15) is 79.3 Å². The van der Waals surface area contributed by atoms with Gasteiger partial charge in [-0.05, 0) is 74.1 Å². The lowest BCUT2D eigenvalue weighted by Gasteiger charge is -2.34. The molecule has 0 radical (unpaired) electrons. The second-order valence-corrected chi connectivity index (χ2v) is 8.48. The summed E-state index contributed by atoms with van der Waals surface area (Å²) in [5, 5.41) is 0. The lowest BCUT2D eigenvalue weighted by Crippen LogP contribution is -2.32. The fourth-order valence-corrected chi connectivity index (χ4v) is 4.74. The van der Waals surface area contributed by atoms with Gasteiger partial charge >= 0.3 is 5.97 Å². The Labute approximate surface area is 190 Å². The molecule has 2 unspecified atom stereocenters. The van der Waals surface area contributed by atoms with Gasteiger partial charge in [0.25, 0.3) is 0 Å². The molecule has 0 bridgehead atoms. The van der Waals surface area contributed by atoms with Crippen molar-refractivity contribution in [3.63, 3.8) is 0 Å². The fourth-order valence-electron chi connectivity index (χ4n) is 4.74. The molecule has 1 aliphatic rings. The molecular weight excluding hydrogens is 402 g/mol. The molecule has 3 rings (SSSR count). The first-order valence-corrected chi connectivity index (χ1v) is 11.7. The topological polar surface area (TPSA) is 98.6 Å². The molecule has 2 aromatic rings. The third-order valence-corrected chi connectivity index (χ3v) is 6.24. The van der Waals surface area contributed by atoms with Crippen molar-refractivity contribution in [3.05, 3.63) is 59.2 Å². The van der Waals surface area contributed by atoms with E-state index in [4.69, 9.17) is 16.2 Å². The summed E-state index contributed by atoms with van der Waals surface area (Å²) in [6, 6.07) is 13.1. The van der Waals surface area contributed by atoms with E-state index >= 15 is 0 Å². The van der Waals surface area contributed by atoms with E-state index in [2.05, 4.69) is 17.9 Å². The van der Waals surface area contributed by atoms with Gasteiger partial charge in [-0.25, -0.2) is 4.79 Å². The van der Waals surface area contributed by atoms with Crippen molar-refractivity contribution in [2.24, 2.45) is 5.73 Å². The van der Waals surface area contributed by atoms with Gasteiger partial charge in [-0.2, -0.15) is 0 Å². The van der Waals surface area contributed by atoms with Crippen LogP contribution in [-0.4, -0.2) is 31.6 Å². The van der Waals surface area contributed by atoms with Crippen LogP contribution in [0.4, 0.5) is 11.4 Å². The molecule has 172 valence electrons. The van der Waals surface area contributed by atoms with Crippen molar-refractivity contribution < 1.29 is 14.3 Å². The second-order valence-electron chi connectivity index (χ2n) is 8.48. The van der Waals surface area contributed by atoms with Crippen LogP contribution in [-0.2, 0) is 9.53 Å². The smallest absolute Gasteiger partial charge is 0.338 e. The summed E-state index contributed by atoms with van der Waals surface area (Å²) in [6.07, 6.45) is 5.28. The van der Waals surface area contributed by atoms with Crippen molar-refractivity contribution in [1.29, 1.82) is 0 Å². The number of piperidine rings is 1. The Morgan fingerprint density at radius 3 is 2.31 bits per heavy atom. The van der Waals surface area contributed by atoms with Crippen LogP contribution in [0.5, 0.6) is 0 Å². The second kappa shape index (κ2) is 11.0. The van der Waals surface area contributed by atoms with Gasteiger partial charge in [0.15, 0.2) is 0 Å². The van der Waals surface area contributed by atoms with Crippen LogP contribution in [0, 0.1) is 0 Å². The summed E-state index contributed by atoms with van der Waals surface area (Å²) < 4.78 is 5.08. The Morgan fingerprint density at radius 1 is 1.03 bits per heavy atom. The van der Waals surface area contributed by atoms with Crippen LogP contribution >= 0.6 is 0 Å². The molecule has 1 amide bonds. The Balaban J connectivity index is 2.02. The Morgan fingerprint density at radius 2 is 1.72 bits per heavy atom. The number of nitrogens with zero attached hydrogens (tertiary/aromatic N) is 1. The van der Waals surface area contributed by atoms with E-state index in [0.29, 0.717) is 17.9 Å². The maximum atomic E-state index is 12.8. The molecule has 1 saturated heterocycles. The molecule has 1 fully saturated rings. The van der Waals surface area contributed by atoms with Crippen molar-refractivity contribution in [2.75, 3.05) is 30.3 Å². The van der Waals surface area contributed by atoms with E-state index in [1.165, 1.54) is 6.42 Å². The SMILES string of the molecule is CCCC(c1cc(N)ccc1N1CCCCC1)C(C(N)=O)c1ccc(C(=O)OCC)cc1. The van der Waals surface area contributed by atoms with Crippen LogP contribution in [0.2, 0.25) is 0 Å². The van der Waals surface area contributed by atoms with E-state index in [-0.39, 0.29) is 17.8 Å². The number of rotatable bonds is 9. The monoisotopic (exact) mass is 437 g/mol. The molecule has 6 nitrogen and oxygen atoms in total. The fraction of sp³-hybridized carbons (Fsp3) is 0.462. The summed E-state index contributed by atoms with van der Waals surface area (Å²) >= 11 is 0.